The summed E-state index contributed by atoms with van der Waals surface area (Å²) in [5.74, 6) is -1.15. The Kier molecular flexibility index (Phi) is 3.62. The van der Waals surface area contributed by atoms with E-state index in [1.165, 1.54) is 33.1 Å². The van der Waals surface area contributed by atoms with Crippen LogP contribution in [0.5, 0.6) is 0 Å². The highest BCUT2D eigenvalue weighted by molar-refractivity contribution is 5.96. The third-order valence-corrected chi connectivity index (χ3v) is 2.03. The summed E-state index contributed by atoms with van der Waals surface area (Å²) in [6.07, 6.45) is 0. The van der Waals surface area contributed by atoms with Crippen LogP contribution in [0.3, 0.4) is 0 Å². The van der Waals surface area contributed by atoms with E-state index in [2.05, 4.69) is 20.3 Å². The second-order valence-electron chi connectivity index (χ2n) is 3.88. The fourth-order valence-electron chi connectivity index (χ4n) is 1.12. The summed E-state index contributed by atoms with van der Waals surface area (Å²) < 4.78 is 4.54. The molecular weight excluding hydrogens is 226 g/mol. The molecule has 1 rings (SSSR count). The molecule has 0 saturated carbocycles. The van der Waals surface area contributed by atoms with Crippen LogP contribution in [0, 0.1) is 0 Å². The second kappa shape index (κ2) is 4.77. The van der Waals surface area contributed by atoms with Crippen molar-refractivity contribution in [1.82, 2.24) is 15.5 Å². The predicted octanol–water partition coefficient (Wildman–Crippen LogP) is -0.549. The normalized spacial score (nSPS) is 10.8. The highest BCUT2D eigenvalue weighted by Gasteiger charge is 2.31. The lowest BCUT2D eigenvalue weighted by Crippen LogP contribution is -2.50. The summed E-state index contributed by atoms with van der Waals surface area (Å²) in [5, 5.41) is 8.12. The van der Waals surface area contributed by atoms with Crippen LogP contribution in [0.25, 0.3) is 0 Å². The Morgan fingerprint density at radius 1 is 1.41 bits per heavy atom. The maximum absolute atomic E-state index is 11.7. The highest BCUT2D eigenvalue weighted by atomic mass is 16.5. The van der Waals surface area contributed by atoms with Gasteiger partial charge in [0, 0.05) is 6.07 Å². The number of carbonyl (C=O) groups excluding carboxylic acids is 2. The van der Waals surface area contributed by atoms with Gasteiger partial charge in [0.15, 0.2) is 0 Å². The number of ether oxygens (including phenoxy) is 1. The van der Waals surface area contributed by atoms with Crippen molar-refractivity contribution < 1.29 is 14.3 Å². The van der Waals surface area contributed by atoms with E-state index in [0.29, 0.717) is 0 Å². The van der Waals surface area contributed by atoms with Gasteiger partial charge in [0.25, 0.3) is 11.5 Å². The van der Waals surface area contributed by atoms with E-state index >= 15 is 0 Å². The number of carbonyl (C=O) groups is 2. The van der Waals surface area contributed by atoms with E-state index in [1.54, 1.807) is 0 Å². The van der Waals surface area contributed by atoms with Crippen LogP contribution in [-0.4, -0.2) is 34.7 Å². The van der Waals surface area contributed by atoms with Crippen molar-refractivity contribution >= 4 is 11.9 Å². The predicted molar refractivity (Wildman–Crippen MR) is 58.4 cm³/mol. The number of methoxy groups -OCH3 is 1. The Morgan fingerprint density at radius 3 is 2.53 bits per heavy atom. The van der Waals surface area contributed by atoms with Crippen LogP contribution in [0.1, 0.15) is 24.3 Å². The molecule has 7 nitrogen and oxygen atoms in total. The molecule has 0 fully saturated rings. The van der Waals surface area contributed by atoms with Gasteiger partial charge >= 0.3 is 5.97 Å². The van der Waals surface area contributed by atoms with Crippen LogP contribution < -0.4 is 10.9 Å². The van der Waals surface area contributed by atoms with E-state index in [9.17, 15) is 14.4 Å². The van der Waals surface area contributed by atoms with Crippen LogP contribution in [-0.2, 0) is 9.53 Å². The number of aromatic nitrogens is 2. The molecule has 0 atom stereocenters. The molecule has 0 bridgehead atoms. The quantitative estimate of drug-likeness (QED) is 0.689. The fourth-order valence-corrected chi connectivity index (χ4v) is 1.12. The highest BCUT2D eigenvalue weighted by Crippen LogP contribution is 2.05. The van der Waals surface area contributed by atoms with Gasteiger partial charge in [-0.15, -0.1) is 0 Å². The topological polar surface area (TPSA) is 101 Å². The van der Waals surface area contributed by atoms with Crippen LogP contribution in [0.15, 0.2) is 16.9 Å². The second-order valence-corrected chi connectivity index (χ2v) is 3.88. The maximum atomic E-state index is 11.7. The van der Waals surface area contributed by atoms with Crippen LogP contribution >= 0.6 is 0 Å². The average molecular weight is 239 g/mol. The van der Waals surface area contributed by atoms with Gasteiger partial charge in [0.1, 0.15) is 11.2 Å². The molecule has 0 saturated heterocycles. The smallest absolute Gasteiger partial charge is 0.330 e. The number of H-pyrrole nitrogens is 1. The first-order valence-corrected chi connectivity index (χ1v) is 4.83. The number of aromatic amines is 1. The number of nitrogens with zero attached hydrogens (tertiary/aromatic N) is 1. The third kappa shape index (κ3) is 3.13. The zero-order valence-electron chi connectivity index (χ0n) is 9.73. The standard InChI is InChI=1S/C10H13N3O4/c1-10(2,9(16)17-3)11-8(15)6-4-5-7(14)13-12-6/h4-5H,1-3H3,(H,11,15)(H,13,14). The van der Waals surface area contributed by atoms with Crippen molar-refractivity contribution in [3.8, 4) is 0 Å². The molecule has 0 unspecified atom stereocenters. The van der Waals surface area contributed by atoms with Crippen molar-refractivity contribution in [1.29, 1.82) is 0 Å². The number of hydrogen-bond donors (Lipinski definition) is 2. The Bertz CT molecular complexity index is 472. The molecule has 0 aliphatic carbocycles. The number of amides is 1. The molecule has 7 heteroatoms. The summed E-state index contributed by atoms with van der Waals surface area (Å²) in [7, 11) is 1.23. The summed E-state index contributed by atoms with van der Waals surface area (Å²) in [6.45, 7) is 3.00. The van der Waals surface area contributed by atoms with Gasteiger partial charge in [-0.05, 0) is 19.9 Å². The van der Waals surface area contributed by atoms with Crippen molar-refractivity contribution in [2.75, 3.05) is 7.11 Å². The zero-order valence-corrected chi connectivity index (χ0v) is 9.73. The minimum absolute atomic E-state index is 0.0154. The first-order chi connectivity index (χ1) is 7.86. The molecule has 0 aliphatic heterocycles. The molecule has 0 aromatic carbocycles. The van der Waals surface area contributed by atoms with E-state index in [0.717, 1.165) is 0 Å². The van der Waals surface area contributed by atoms with Crippen molar-refractivity contribution in [2.45, 2.75) is 19.4 Å². The monoisotopic (exact) mass is 239 g/mol. The van der Waals surface area contributed by atoms with Gasteiger partial charge in [0.05, 0.1) is 7.11 Å². The Morgan fingerprint density at radius 2 is 2.06 bits per heavy atom. The minimum atomic E-state index is -1.16. The summed E-state index contributed by atoms with van der Waals surface area (Å²) >= 11 is 0. The summed E-state index contributed by atoms with van der Waals surface area (Å²) in [6, 6.07) is 2.44. The summed E-state index contributed by atoms with van der Waals surface area (Å²) in [5.41, 5.74) is -1.56. The maximum Gasteiger partial charge on any atom is 0.330 e. The minimum Gasteiger partial charge on any atom is -0.467 e. The van der Waals surface area contributed by atoms with E-state index < -0.39 is 23.0 Å². The average Bonchev–Trinajstić information content (AvgIpc) is 2.28. The molecule has 92 valence electrons. The molecule has 1 amide bonds. The Balaban J connectivity index is 2.82. The van der Waals surface area contributed by atoms with Crippen molar-refractivity contribution in [3.05, 3.63) is 28.2 Å². The molecule has 1 aromatic heterocycles. The number of esters is 1. The third-order valence-electron chi connectivity index (χ3n) is 2.03. The van der Waals surface area contributed by atoms with Gasteiger partial charge in [0.2, 0.25) is 0 Å². The van der Waals surface area contributed by atoms with Crippen molar-refractivity contribution in [2.24, 2.45) is 0 Å². The SMILES string of the molecule is COC(=O)C(C)(C)NC(=O)c1ccc(=O)[nH]n1. The number of nitrogens with one attached hydrogen (secondary N) is 2. The van der Waals surface area contributed by atoms with Gasteiger partial charge in [-0.25, -0.2) is 9.89 Å². The lowest BCUT2D eigenvalue weighted by atomic mass is 10.1. The molecule has 17 heavy (non-hydrogen) atoms. The largest absolute Gasteiger partial charge is 0.467 e. The van der Waals surface area contributed by atoms with Gasteiger partial charge in [-0.3, -0.25) is 9.59 Å². The summed E-state index contributed by atoms with van der Waals surface area (Å²) in [4.78, 5) is 33.8. The molecule has 1 heterocycles. The van der Waals surface area contributed by atoms with Gasteiger partial charge in [-0.2, -0.15) is 5.10 Å². The number of rotatable bonds is 3. The molecule has 0 radical (unpaired) electrons. The Hall–Kier alpha value is -2.18. The molecule has 2 N–H and O–H groups in total. The Labute approximate surface area is 97.2 Å². The van der Waals surface area contributed by atoms with E-state index in [1.807, 2.05) is 0 Å². The molecule has 0 aliphatic rings. The van der Waals surface area contributed by atoms with Crippen molar-refractivity contribution in [3.63, 3.8) is 0 Å². The first-order valence-electron chi connectivity index (χ1n) is 4.83. The van der Waals surface area contributed by atoms with Gasteiger partial charge < -0.3 is 10.1 Å². The fraction of sp³-hybridized carbons (Fsp3) is 0.400. The lowest BCUT2D eigenvalue weighted by Gasteiger charge is -2.22. The molecule has 0 spiro atoms. The van der Waals surface area contributed by atoms with E-state index in [4.69, 9.17) is 0 Å². The zero-order chi connectivity index (χ0) is 13.1. The van der Waals surface area contributed by atoms with E-state index in [-0.39, 0.29) is 5.69 Å². The molecule has 1 aromatic rings. The lowest BCUT2D eigenvalue weighted by molar-refractivity contribution is -0.146. The molecular formula is C10H13N3O4. The van der Waals surface area contributed by atoms with Gasteiger partial charge in [-0.1, -0.05) is 0 Å². The number of hydrogen-bond acceptors (Lipinski definition) is 5. The van der Waals surface area contributed by atoms with Crippen LogP contribution in [0.4, 0.5) is 0 Å². The first kappa shape index (κ1) is 12.9. The van der Waals surface area contributed by atoms with Crippen LogP contribution in [0.2, 0.25) is 0 Å².